The van der Waals surface area contributed by atoms with Crippen LogP contribution in [0.25, 0.3) is 0 Å². The van der Waals surface area contributed by atoms with Gasteiger partial charge in [0.1, 0.15) is 17.1 Å². The van der Waals surface area contributed by atoms with E-state index in [0.717, 1.165) is 11.3 Å². The van der Waals surface area contributed by atoms with E-state index in [1.54, 1.807) is 12.0 Å². The van der Waals surface area contributed by atoms with Gasteiger partial charge in [0.25, 0.3) is 0 Å². The highest BCUT2D eigenvalue weighted by Gasteiger charge is 2.52. The van der Waals surface area contributed by atoms with Crippen LogP contribution in [-0.2, 0) is 10.3 Å². The molecule has 1 spiro atoms. The Bertz CT molecular complexity index is 573. The van der Waals surface area contributed by atoms with Gasteiger partial charge < -0.3 is 20.1 Å². The number of amides is 2. The third-order valence-corrected chi connectivity index (χ3v) is 3.90. The van der Waals surface area contributed by atoms with Gasteiger partial charge in [0, 0.05) is 25.6 Å². The lowest BCUT2D eigenvalue weighted by Crippen LogP contribution is -2.54. The van der Waals surface area contributed by atoms with Crippen molar-refractivity contribution in [1.29, 1.82) is 0 Å². The number of benzene rings is 1. The third-order valence-electron chi connectivity index (χ3n) is 3.90. The average Bonchev–Trinajstić information content (AvgIpc) is 2.69. The van der Waals surface area contributed by atoms with Crippen LogP contribution in [0.1, 0.15) is 12.0 Å². The Morgan fingerprint density at radius 3 is 3.10 bits per heavy atom. The monoisotopic (exact) mass is 275 g/mol. The zero-order valence-corrected chi connectivity index (χ0v) is 11.3. The number of carbonyl (C=O) groups is 1. The Labute approximate surface area is 117 Å². The summed E-state index contributed by atoms with van der Waals surface area (Å²) in [6.07, 6.45) is 0.606. The first-order valence-corrected chi connectivity index (χ1v) is 6.57. The molecule has 1 atom stereocenters. The Morgan fingerprint density at radius 1 is 1.50 bits per heavy atom. The maximum absolute atomic E-state index is 12.1. The van der Waals surface area contributed by atoms with Gasteiger partial charge in [-0.15, -0.1) is 0 Å². The Morgan fingerprint density at radius 2 is 2.30 bits per heavy atom. The highest BCUT2D eigenvalue weighted by atomic mass is 16.5. The standard InChI is InChI=1S/C14H17N3O3/c1-19-9-7-17-13(18)16-12(15)14(17)6-8-20-11-5-3-2-4-10(11)14/h2-5H,6-9H2,1H3,(H2,15,16,18). The molecule has 0 saturated carbocycles. The molecule has 1 aromatic carbocycles. The van der Waals surface area contributed by atoms with Crippen molar-refractivity contribution in [2.75, 3.05) is 26.9 Å². The minimum Gasteiger partial charge on any atom is -0.493 e. The highest BCUT2D eigenvalue weighted by Crippen LogP contribution is 2.44. The van der Waals surface area contributed by atoms with Crippen molar-refractivity contribution < 1.29 is 14.3 Å². The van der Waals surface area contributed by atoms with Gasteiger partial charge in [-0.3, -0.25) is 0 Å². The number of urea groups is 1. The summed E-state index contributed by atoms with van der Waals surface area (Å²) in [5.41, 5.74) is 6.31. The van der Waals surface area contributed by atoms with Crippen LogP contribution in [0.4, 0.5) is 4.79 Å². The average molecular weight is 275 g/mol. The lowest BCUT2D eigenvalue weighted by atomic mass is 9.82. The number of fused-ring (bicyclic) bond motifs is 2. The summed E-state index contributed by atoms with van der Waals surface area (Å²) in [5, 5.41) is 0. The minimum absolute atomic E-state index is 0.309. The molecule has 6 heteroatoms. The van der Waals surface area contributed by atoms with E-state index in [2.05, 4.69) is 4.99 Å². The van der Waals surface area contributed by atoms with Gasteiger partial charge in [0.2, 0.25) is 0 Å². The molecule has 2 aliphatic rings. The van der Waals surface area contributed by atoms with Crippen molar-refractivity contribution in [2.45, 2.75) is 12.0 Å². The zero-order chi connectivity index (χ0) is 14.2. The Hall–Kier alpha value is -2.08. The van der Waals surface area contributed by atoms with Crippen LogP contribution < -0.4 is 10.5 Å². The first kappa shape index (κ1) is 12.9. The molecule has 0 saturated heterocycles. The van der Waals surface area contributed by atoms with Crippen LogP contribution in [-0.4, -0.2) is 43.6 Å². The van der Waals surface area contributed by atoms with Gasteiger partial charge in [-0.2, -0.15) is 4.99 Å². The molecule has 2 amide bonds. The normalized spacial score (nSPS) is 24.6. The molecule has 1 unspecified atom stereocenters. The second-order valence-electron chi connectivity index (χ2n) is 4.88. The smallest absolute Gasteiger partial charge is 0.346 e. The van der Waals surface area contributed by atoms with E-state index in [1.807, 2.05) is 24.3 Å². The van der Waals surface area contributed by atoms with Crippen LogP contribution in [0, 0.1) is 0 Å². The van der Waals surface area contributed by atoms with E-state index in [0.29, 0.717) is 32.0 Å². The van der Waals surface area contributed by atoms with Gasteiger partial charge in [-0.1, -0.05) is 18.2 Å². The summed E-state index contributed by atoms with van der Waals surface area (Å²) in [7, 11) is 1.61. The molecule has 6 nitrogen and oxygen atoms in total. The third kappa shape index (κ3) is 1.68. The molecule has 0 aromatic heterocycles. The van der Waals surface area contributed by atoms with Crippen LogP contribution in [0.15, 0.2) is 29.3 Å². The maximum Gasteiger partial charge on any atom is 0.346 e. The summed E-state index contributed by atoms with van der Waals surface area (Å²) < 4.78 is 10.8. The van der Waals surface area contributed by atoms with Gasteiger partial charge in [-0.05, 0) is 6.07 Å². The van der Waals surface area contributed by atoms with Crippen LogP contribution in [0.5, 0.6) is 5.75 Å². The predicted molar refractivity (Wildman–Crippen MR) is 73.8 cm³/mol. The van der Waals surface area contributed by atoms with Gasteiger partial charge in [-0.25, -0.2) is 4.79 Å². The van der Waals surface area contributed by atoms with E-state index in [4.69, 9.17) is 15.2 Å². The number of methoxy groups -OCH3 is 1. The topological polar surface area (TPSA) is 77.2 Å². The summed E-state index contributed by atoms with van der Waals surface area (Å²) >= 11 is 0. The van der Waals surface area contributed by atoms with E-state index in [9.17, 15) is 4.79 Å². The van der Waals surface area contributed by atoms with Gasteiger partial charge in [0.15, 0.2) is 0 Å². The molecule has 0 aliphatic carbocycles. The van der Waals surface area contributed by atoms with Gasteiger partial charge >= 0.3 is 6.03 Å². The van der Waals surface area contributed by atoms with E-state index < -0.39 is 5.54 Å². The number of rotatable bonds is 3. The molecular formula is C14H17N3O3. The molecule has 2 heterocycles. The first-order chi connectivity index (χ1) is 9.70. The maximum atomic E-state index is 12.1. The van der Waals surface area contributed by atoms with Gasteiger partial charge in [0.05, 0.1) is 13.2 Å². The van der Waals surface area contributed by atoms with Crippen molar-refractivity contribution in [3.8, 4) is 5.75 Å². The second kappa shape index (κ2) is 4.79. The number of hydrogen-bond donors (Lipinski definition) is 1. The summed E-state index contributed by atoms with van der Waals surface area (Å²) in [6.45, 7) is 1.40. The molecular weight excluding hydrogens is 258 g/mol. The van der Waals surface area contributed by atoms with Crippen molar-refractivity contribution in [2.24, 2.45) is 10.7 Å². The molecule has 2 aliphatic heterocycles. The summed E-state index contributed by atoms with van der Waals surface area (Å²) in [4.78, 5) is 17.8. The number of amidine groups is 1. The minimum atomic E-state index is -0.690. The second-order valence-corrected chi connectivity index (χ2v) is 4.88. The number of nitrogens with zero attached hydrogens (tertiary/aromatic N) is 2. The molecule has 3 rings (SSSR count). The van der Waals surface area contributed by atoms with Crippen LogP contribution >= 0.6 is 0 Å². The Balaban J connectivity index is 2.09. The molecule has 0 radical (unpaired) electrons. The van der Waals surface area contributed by atoms with Crippen molar-refractivity contribution in [1.82, 2.24) is 4.90 Å². The number of carbonyl (C=O) groups excluding carboxylic acids is 1. The number of aliphatic imine (C=N–C) groups is 1. The van der Waals surface area contributed by atoms with Crippen LogP contribution in [0.2, 0.25) is 0 Å². The fourth-order valence-electron chi connectivity index (χ4n) is 2.95. The van der Waals surface area contributed by atoms with Crippen molar-refractivity contribution in [3.05, 3.63) is 29.8 Å². The van der Waals surface area contributed by atoms with Crippen molar-refractivity contribution in [3.63, 3.8) is 0 Å². The van der Waals surface area contributed by atoms with Crippen molar-refractivity contribution >= 4 is 11.9 Å². The van der Waals surface area contributed by atoms with E-state index in [-0.39, 0.29) is 6.03 Å². The fraction of sp³-hybridized carbons (Fsp3) is 0.429. The molecule has 106 valence electrons. The number of nitrogens with two attached hydrogens (primary N) is 1. The summed E-state index contributed by atoms with van der Waals surface area (Å²) in [6, 6.07) is 7.34. The predicted octanol–water partition coefficient (Wildman–Crippen LogP) is 1.10. The molecule has 1 aromatic rings. The van der Waals surface area contributed by atoms with E-state index in [1.165, 1.54) is 0 Å². The Kier molecular flexibility index (Phi) is 3.10. The fourth-order valence-corrected chi connectivity index (χ4v) is 2.95. The van der Waals surface area contributed by atoms with Crippen LogP contribution in [0.3, 0.4) is 0 Å². The lowest BCUT2D eigenvalue weighted by Gasteiger charge is -2.41. The molecule has 20 heavy (non-hydrogen) atoms. The largest absolute Gasteiger partial charge is 0.493 e. The number of para-hydroxylation sites is 1. The number of ether oxygens (including phenoxy) is 2. The number of hydrogen-bond acceptors (Lipinski definition) is 4. The highest BCUT2D eigenvalue weighted by molar-refractivity contribution is 6.06. The zero-order valence-electron chi connectivity index (χ0n) is 11.3. The van der Waals surface area contributed by atoms with E-state index >= 15 is 0 Å². The quantitative estimate of drug-likeness (QED) is 0.896. The first-order valence-electron chi connectivity index (χ1n) is 6.57. The summed E-state index contributed by atoms with van der Waals surface area (Å²) in [5.74, 6) is 1.10. The molecule has 0 bridgehead atoms. The lowest BCUT2D eigenvalue weighted by molar-refractivity contribution is 0.0977. The SMILES string of the molecule is COCCN1C(=O)N=C(N)C12CCOc1ccccc12. The molecule has 0 fully saturated rings. The molecule has 2 N–H and O–H groups in total.